The maximum atomic E-state index is 12.8. The Bertz CT molecular complexity index is 677. The Kier molecular flexibility index (Phi) is 5.55. The zero-order valence-corrected chi connectivity index (χ0v) is 17.4. The minimum atomic E-state index is 0.180. The Balaban J connectivity index is 1.27. The van der Waals surface area contributed by atoms with Crippen LogP contribution in [0.3, 0.4) is 0 Å². The van der Waals surface area contributed by atoms with Crippen LogP contribution in [0.1, 0.15) is 46.8 Å². The molecule has 1 aromatic heterocycles. The molecule has 2 saturated heterocycles. The van der Waals surface area contributed by atoms with Gasteiger partial charge in [0.1, 0.15) is 0 Å². The molecule has 5 nitrogen and oxygen atoms in total. The standard InChI is InChI=1S/C21H31N3O2S/c1-15-10-16(2)13-24(12-15)20(25)14-22-6-8-23(9-7-22)21(26)19-11-17-4-3-5-18(17)27-19/h11,15-16H,3-10,12-14H2,1-2H3/t15-,16-/m0/s1. The van der Waals surface area contributed by atoms with Crippen LogP contribution in [0.2, 0.25) is 0 Å². The Morgan fingerprint density at radius 3 is 2.41 bits per heavy atom. The Hall–Kier alpha value is -1.40. The molecular formula is C21H31N3O2S. The number of hydrogen-bond donors (Lipinski definition) is 0. The fraction of sp³-hybridized carbons (Fsp3) is 0.714. The topological polar surface area (TPSA) is 43.9 Å². The van der Waals surface area contributed by atoms with Gasteiger partial charge in [-0.2, -0.15) is 0 Å². The number of piperazine rings is 1. The summed E-state index contributed by atoms with van der Waals surface area (Å²) >= 11 is 1.69. The van der Waals surface area contributed by atoms with Gasteiger partial charge in [-0.05, 0) is 49.1 Å². The van der Waals surface area contributed by atoms with Gasteiger partial charge in [-0.1, -0.05) is 13.8 Å². The summed E-state index contributed by atoms with van der Waals surface area (Å²) in [7, 11) is 0. The highest BCUT2D eigenvalue weighted by atomic mass is 32.1. The van der Waals surface area contributed by atoms with Crippen molar-refractivity contribution < 1.29 is 9.59 Å². The zero-order valence-electron chi connectivity index (χ0n) is 16.6. The normalized spacial score (nSPS) is 26.3. The second kappa shape index (κ2) is 7.92. The molecule has 0 aromatic carbocycles. The predicted octanol–water partition coefficient (Wildman–Crippen LogP) is 2.50. The first-order valence-electron chi connectivity index (χ1n) is 10.4. The lowest BCUT2D eigenvalue weighted by molar-refractivity contribution is -0.135. The van der Waals surface area contributed by atoms with Gasteiger partial charge in [-0.3, -0.25) is 14.5 Å². The number of amides is 2. The summed E-state index contributed by atoms with van der Waals surface area (Å²) in [6, 6.07) is 2.12. The summed E-state index contributed by atoms with van der Waals surface area (Å²) in [5, 5.41) is 0. The van der Waals surface area contributed by atoms with Crippen LogP contribution in [0.25, 0.3) is 0 Å². The number of nitrogens with zero attached hydrogens (tertiary/aromatic N) is 3. The molecule has 27 heavy (non-hydrogen) atoms. The summed E-state index contributed by atoms with van der Waals surface area (Å²) < 4.78 is 0. The number of aryl methyl sites for hydroxylation is 2. The maximum Gasteiger partial charge on any atom is 0.264 e. The van der Waals surface area contributed by atoms with Crippen molar-refractivity contribution in [1.82, 2.24) is 14.7 Å². The van der Waals surface area contributed by atoms with E-state index in [0.717, 1.165) is 57.0 Å². The van der Waals surface area contributed by atoms with Crippen molar-refractivity contribution in [2.45, 2.75) is 39.5 Å². The summed E-state index contributed by atoms with van der Waals surface area (Å²) in [6.07, 6.45) is 4.72. The summed E-state index contributed by atoms with van der Waals surface area (Å²) in [4.78, 5) is 34.0. The van der Waals surface area contributed by atoms with Gasteiger partial charge in [-0.25, -0.2) is 0 Å². The smallest absolute Gasteiger partial charge is 0.264 e. The van der Waals surface area contributed by atoms with Crippen molar-refractivity contribution in [1.29, 1.82) is 0 Å². The minimum Gasteiger partial charge on any atom is -0.341 e. The average molecular weight is 390 g/mol. The van der Waals surface area contributed by atoms with Crippen LogP contribution < -0.4 is 0 Å². The molecule has 3 heterocycles. The molecule has 1 aromatic rings. The molecule has 0 unspecified atom stereocenters. The number of thiophene rings is 1. The van der Waals surface area contributed by atoms with Gasteiger partial charge in [0.05, 0.1) is 11.4 Å². The lowest BCUT2D eigenvalue weighted by atomic mass is 9.92. The zero-order chi connectivity index (χ0) is 19.0. The summed E-state index contributed by atoms with van der Waals surface area (Å²) in [5.41, 5.74) is 1.39. The van der Waals surface area contributed by atoms with E-state index < -0.39 is 0 Å². The molecule has 0 spiro atoms. The Morgan fingerprint density at radius 1 is 1.04 bits per heavy atom. The van der Waals surface area contributed by atoms with Crippen molar-refractivity contribution in [2.24, 2.45) is 11.8 Å². The van der Waals surface area contributed by atoms with Crippen LogP contribution in [-0.2, 0) is 17.6 Å². The Morgan fingerprint density at radius 2 is 1.74 bits per heavy atom. The molecule has 2 atom stereocenters. The highest BCUT2D eigenvalue weighted by Gasteiger charge is 2.29. The number of hydrogen-bond acceptors (Lipinski definition) is 4. The maximum absolute atomic E-state index is 12.8. The molecule has 4 rings (SSSR count). The number of likely N-dealkylation sites (tertiary alicyclic amines) is 1. The fourth-order valence-electron chi connectivity index (χ4n) is 4.86. The van der Waals surface area contributed by atoms with Gasteiger partial charge in [0.25, 0.3) is 5.91 Å². The molecule has 1 aliphatic carbocycles. The largest absolute Gasteiger partial charge is 0.341 e. The Labute approximate surface area is 166 Å². The van der Waals surface area contributed by atoms with Crippen LogP contribution in [0.5, 0.6) is 0 Å². The van der Waals surface area contributed by atoms with Gasteiger partial charge in [0.15, 0.2) is 0 Å². The molecule has 0 radical (unpaired) electrons. The van der Waals surface area contributed by atoms with Crippen LogP contribution in [0.4, 0.5) is 0 Å². The van der Waals surface area contributed by atoms with Gasteiger partial charge in [0, 0.05) is 44.1 Å². The molecule has 6 heteroatoms. The monoisotopic (exact) mass is 389 g/mol. The third kappa shape index (κ3) is 4.21. The van der Waals surface area contributed by atoms with E-state index in [4.69, 9.17) is 0 Å². The number of piperidine rings is 1. The molecule has 148 valence electrons. The van der Waals surface area contributed by atoms with Crippen LogP contribution in [0, 0.1) is 11.8 Å². The second-order valence-electron chi connectivity index (χ2n) is 8.73. The average Bonchev–Trinajstić information content (AvgIpc) is 3.23. The van der Waals surface area contributed by atoms with Gasteiger partial charge in [-0.15, -0.1) is 11.3 Å². The van der Waals surface area contributed by atoms with E-state index in [-0.39, 0.29) is 11.8 Å². The van der Waals surface area contributed by atoms with Gasteiger partial charge in [0.2, 0.25) is 5.91 Å². The van der Waals surface area contributed by atoms with E-state index in [1.54, 1.807) is 11.3 Å². The number of rotatable bonds is 3. The highest BCUT2D eigenvalue weighted by Crippen LogP contribution is 2.31. The van der Waals surface area contributed by atoms with Gasteiger partial charge < -0.3 is 9.80 Å². The molecule has 0 bridgehead atoms. The molecule has 2 amide bonds. The predicted molar refractivity (Wildman–Crippen MR) is 108 cm³/mol. The first-order chi connectivity index (χ1) is 13.0. The summed E-state index contributed by atoms with van der Waals surface area (Å²) in [5.74, 6) is 1.63. The van der Waals surface area contributed by atoms with Crippen LogP contribution in [0.15, 0.2) is 6.07 Å². The quantitative estimate of drug-likeness (QED) is 0.798. The van der Waals surface area contributed by atoms with Crippen molar-refractivity contribution in [2.75, 3.05) is 45.8 Å². The third-order valence-corrected chi connectivity index (χ3v) is 7.42. The van der Waals surface area contributed by atoms with Crippen molar-refractivity contribution in [3.63, 3.8) is 0 Å². The molecular weight excluding hydrogens is 358 g/mol. The van der Waals surface area contributed by atoms with Crippen molar-refractivity contribution in [3.8, 4) is 0 Å². The van der Waals surface area contributed by atoms with E-state index in [0.29, 0.717) is 18.4 Å². The van der Waals surface area contributed by atoms with Gasteiger partial charge >= 0.3 is 0 Å². The molecule has 2 aliphatic heterocycles. The van der Waals surface area contributed by atoms with E-state index in [1.165, 1.54) is 23.3 Å². The number of carbonyl (C=O) groups excluding carboxylic acids is 2. The summed E-state index contributed by atoms with van der Waals surface area (Å²) in [6.45, 7) is 9.79. The molecule has 0 N–H and O–H groups in total. The number of carbonyl (C=O) groups is 2. The molecule has 2 fully saturated rings. The van der Waals surface area contributed by atoms with Crippen LogP contribution >= 0.6 is 11.3 Å². The van der Waals surface area contributed by atoms with E-state index in [1.807, 2.05) is 9.80 Å². The van der Waals surface area contributed by atoms with E-state index >= 15 is 0 Å². The van der Waals surface area contributed by atoms with E-state index in [2.05, 4.69) is 24.8 Å². The third-order valence-electron chi connectivity index (χ3n) is 6.20. The fourth-order valence-corrected chi connectivity index (χ4v) is 6.08. The SMILES string of the molecule is C[C@H]1C[C@H](C)CN(C(=O)CN2CCN(C(=O)c3cc4c(s3)CCC4)CC2)C1. The number of fused-ring (bicyclic) bond motifs is 1. The lowest BCUT2D eigenvalue weighted by Gasteiger charge is -2.38. The first-order valence-corrected chi connectivity index (χ1v) is 11.2. The van der Waals surface area contributed by atoms with Crippen molar-refractivity contribution in [3.05, 3.63) is 21.4 Å². The molecule has 3 aliphatic rings. The highest BCUT2D eigenvalue weighted by molar-refractivity contribution is 7.14. The van der Waals surface area contributed by atoms with Crippen LogP contribution in [-0.4, -0.2) is 72.3 Å². The van der Waals surface area contributed by atoms with Crippen molar-refractivity contribution >= 4 is 23.2 Å². The molecule has 0 saturated carbocycles. The first kappa shape index (κ1) is 18.9. The lowest BCUT2D eigenvalue weighted by Crippen LogP contribution is -2.52. The minimum absolute atomic E-state index is 0.180. The van der Waals surface area contributed by atoms with E-state index in [9.17, 15) is 9.59 Å². The second-order valence-corrected chi connectivity index (χ2v) is 9.86.